The topological polar surface area (TPSA) is 23.1 Å². The maximum absolute atomic E-state index is 13.1. The Morgan fingerprint density at radius 3 is 1.41 bits per heavy atom. The van der Waals surface area contributed by atoms with Crippen molar-refractivity contribution in [3.63, 3.8) is 0 Å². The Labute approximate surface area is 102 Å². The van der Waals surface area contributed by atoms with Crippen molar-refractivity contribution in [1.82, 2.24) is 4.65 Å². The van der Waals surface area contributed by atoms with Gasteiger partial charge in [-0.05, 0) is 38.1 Å². The number of rotatable bonds is 3. The Bertz CT molecular complexity index is 425. The van der Waals surface area contributed by atoms with Crippen LogP contribution >= 0.6 is 0 Å². The molecular weight excluding hydrogens is 210 g/mol. The molecule has 17 heavy (non-hydrogen) atoms. The van der Waals surface area contributed by atoms with Gasteiger partial charge in [-0.15, -0.1) is 0 Å². The van der Waals surface area contributed by atoms with E-state index in [0.717, 1.165) is 11.4 Å². The van der Waals surface area contributed by atoms with E-state index in [1.807, 2.05) is 74.5 Å². The van der Waals surface area contributed by atoms with Gasteiger partial charge in [-0.25, -0.2) is 0 Å². The molecule has 0 radical (unpaired) electrons. The molecule has 0 spiro atoms. The Morgan fingerprint density at radius 2 is 1.12 bits per heavy atom. The first-order chi connectivity index (χ1) is 8.15. The molecule has 2 rings (SSSR count). The standard InChI is InChI=1S/C15H17NO/c1-13(2)16(17,14-9-5-3-6-10-14)15-11-7-4-8-12-15/h3-13H,1-2H3. The molecule has 0 N–H and O–H groups in total. The van der Waals surface area contributed by atoms with E-state index in [9.17, 15) is 5.21 Å². The van der Waals surface area contributed by atoms with E-state index in [1.54, 1.807) is 0 Å². The molecule has 0 amide bonds. The summed E-state index contributed by atoms with van der Waals surface area (Å²) in [7, 11) is 0. The molecule has 0 saturated carbocycles. The summed E-state index contributed by atoms with van der Waals surface area (Å²) in [4.78, 5) is 0. The average Bonchev–Trinajstić information content (AvgIpc) is 2.39. The van der Waals surface area contributed by atoms with E-state index in [2.05, 4.69) is 0 Å². The lowest BCUT2D eigenvalue weighted by Gasteiger charge is -2.45. The second kappa shape index (κ2) is 4.70. The number of hydrogen-bond donors (Lipinski definition) is 0. The molecule has 0 aromatic heterocycles. The van der Waals surface area contributed by atoms with E-state index >= 15 is 0 Å². The predicted octanol–water partition coefficient (Wildman–Crippen LogP) is 4.23. The lowest BCUT2D eigenvalue weighted by atomic mass is 10.1. The number of quaternary nitrogens is 1. The monoisotopic (exact) mass is 227 g/mol. The minimum absolute atomic E-state index is 0.0557. The molecule has 0 aliphatic rings. The summed E-state index contributed by atoms with van der Waals surface area (Å²) in [6.45, 7) is 3.90. The molecule has 0 aliphatic carbocycles. The number of hydroxylamine groups is 1. The molecule has 88 valence electrons. The van der Waals surface area contributed by atoms with Gasteiger partial charge in [-0.2, -0.15) is 0 Å². The van der Waals surface area contributed by atoms with Crippen molar-refractivity contribution in [2.45, 2.75) is 19.9 Å². The molecule has 0 aliphatic heterocycles. The third kappa shape index (κ3) is 2.09. The van der Waals surface area contributed by atoms with Crippen molar-refractivity contribution in [3.8, 4) is 0 Å². The van der Waals surface area contributed by atoms with Crippen molar-refractivity contribution in [2.75, 3.05) is 0 Å². The summed E-state index contributed by atoms with van der Waals surface area (Å²) in [5, 5.41) is 13.1. The summed E-state index contributed by atoms with van der Waals surface area (Å²) in [6.07, 6.45) is 0. The molecule has 2 aromatic carbocycles. The van der Waals surface area contributed by atoms with Crippen LogP contribution in [0, 0.1) is 5.21 Å². The molecule has 2 heteroatoms. The van der Waals surface area contributed by atoms with Crippen LogP contribution in [0.15, 0.2) is 60.7 Å². The highest BCUT2D eigenvalue weighted by Crippen LogP contribution is 2.35. The zero-order valence-electron chi connectivity index (χ0n) is 10.2. The number of benzene rings is 2. The normalized spacial score (nSPS) is 11.8. The van der Waals surface area contributed by atoms with Gasteiger partial charge in [0.2, 0.25) is 0 Å². The molecule has 0 bridgehead atoms. The van der Waals surface area contributed by atoms with Crippen LogP contribution in [0.2, 0.25) is 0 Å². The van der Waals surface area contributed by atoms with E-state index in [1.165, 1.54) is 0 Å². The summed E-state index contributed by atoms with van der Waals surface area (Å²) < 4.78 is -0.415. The van der Waals surface area contributed by atoms with Gasteiger partial charge in [0.05, 0.1) is 6.04 Å². The first kappa shape index (κ1) is 11.8. The van der Waals surface area contributed by atoms with Gasteiger partial charge >= 0.3 is 0 Å². The zero-order chi connectivity index (χ0) is 12.3. The van der Waals surface area contributed by atoms with Gasteiger partial charge in [0, 0.05) is 0 Å². The van der Waals surface area contributed by atoms with Crippen LogP contribution in [0.4, 0.5) is 11.4 Å². The molecule has 2 aromatic rings. The highest BCUT2D eigenvalue weighted by molar-refractivity contribution is 5.59. The van der Waals surface area contributed by atoms with Crippen molar-refractivity contribution in [2.24, 2.45) is 0 Å². The average molecular weight is 227 g/mol. The van der Waals surface area contributed by atoms with Crippen LogP contribution in [-0.2, 0) is 0 Å². The van der Waals surface area contributed by atoms with E-state index < -0.39 is 4.65 Å². The molecular formula is C15H17NO. The smallest absolute Gasteiger partial charge is 0.138 e. The van der Waals surface area contributed by atoms with Crippen LogP contribution in [0.25, 0.3) is 0 Å². The zero-order valence-corrected chi connectivity index (χ0v) is 10.2. The van der Waals surface area contributed by atoms with Gasteiger partial charge in [0.1, 0.15) is 11.4 Å². The molecule has 0 saturated heterocycles. The van der Waals surface area contributed by atoms with Gasteiger partial charge in [-0.1, -0.05) is 36.4 Å². The van der Waals surface area contributed by atoms with E-state index in [4.69, 9.17) is 0 Å². The third-order valence-corrected chi connectivity index (χ3v) is 3.01. The van der Waals surface area contributed by atoms with Crippen LogP contribution in [0.3, 0.4) is 0 Å². The van der Waals surface area contributed by atoms with Crippen molar-refractivity contribution in [3.05, 3.63) is 65.9 Å². The number of para-hydroxylation sites is 2. The Balaban J connectivity index is 2.55. The highest BCUT2D eigenvalue weighted by atomic mass is 16.5. The maximum Gasteiger partial charge on any atom is 0.138 e. The fourth-order valence-electron chi connectivity index (χ4n) is 2.04. The lowest BCUT2D eigenvalue weighted by Crippen LogP contribution is -2.44. The van der Waals surface area contributed by atoms with Gasteiger partial charge in [-0.3, -0.25) is 4.65 Å². The summed E-state index contributed by atoms with van der Waals surface area (Å²) in [5.74, 6) is 0. The molecule has 0 heterocycles. The van der Waals surface area contributed by atoms with Gasteiger partial charge in [0.15, 0.2) is 0 Å². The fraction of sp³-hybridized carbons (Fsp3) is 0.200. The Hall–Kier alpha value is -1.64. The molecule has 0 unspecified atom stereocenters. The summed E-state index contributed by atoms with van der Waals surface area (Å²) in [6, 6.07) is 19.0. The van der Waals surface area contributed by atoms with Crippen molar-refractivity contribution >= 4 is 11.4 Å². The predicted molar refractivity (Wildman–Crippen MR) is 72.8 cm³/mol. The molecule has 0 fully saturated rings. The van der Waals surface area contributed by atoms with Gasteiger partial charge < -0.3 is 5.21 Å². The first-order valence-electron chi connectivity index (χ1n) is 5.86. The lowest BCUT2D eigenvalue weighted by molar-refractivity contribution is 0.421. The van der Waals surface area contributed by atoms with Crippen molar-refractivity contribution in [1.29, 1.82) is 0 Å². The van der Waals surface area contributed by atoms with Crippen LogP contribution in [0.5, 0.6) is 0 Å². The highest BCUT2D eigenvalue weighted by Gasteiger charge is 2.26. The van der Waals surface area contributed by atoms with Crippen LogP contribution in [0.1, 0.15) is 13.8 Å². The number of nitrogens with zero attached hydrogens (tertiary/aromatic N) is 1. The minimum atomic E-state index is -0.415. The molecule has 2 nitrogen and oxygen atoms in total. The summed E-state index contributed by atoms with van der Waals surface area (Å²) >= 11 is 0. The quantitative estimate of drug-likeness (QED) is 0.568. The minimum Gasteiger partial charge on any atom is -0.622 e. The van der Waals surface area contributed by atoms with Crippen LogP contribution in [-0.4, -0.2) is 6.04 Å². The number of hydrogen-bond acceptors (Lipinski definition) is 1. The Morgan fingerprint density at radius 1 is 0.765 bits per heavy atom. The largest absolute Gasteiger partial charge is 0.622 e. The molecule has 0 atom stereocenters. The van der Waals surface area contributed by atoms with E-state index in [-0.39, 0.29) is 6.04 Å². The second-order valence-electron chi connectivity index (χ2n) is 4.42. The van der Waals surface area contributed by atoms with Gasteiger partial charge in [0.25, 0.3) is 0 Å². The maximum atomic E-state index is 13.1. The summed E-state index contributed by atoms with van der Waals surface area (Å²) in [5.41, 5.74) is 1.54. The first-order valence-corrected chi connectivity index (χ1v) is 5.86. The SMILES string of the molecule is CC(C)[N+]([O-])(c1ccccc1)c1ccccc1. The van der Waals surface area contributed by atoms with E-state index in [0.29, 0.717) is 0 Å². The van der Waals surface area contributed by atoms with Crippen molar-refractivity contribution < 1.29 is 0 Å². The second-order valence-corrected chi connectivity index (χ2v) is 4.42. The van der Waals surface area contributed by atoms with Crippen LogP contribution < -0.4 is 4.65 Å². The third-order valence-electron chi connectivity index (χ3n) is 3.01. The fourth-order valence-corrected chi connectivity index (χ4v) is 2.04. The Kier molecular flexibility index (Phi) is 3.27.